The molecule has 2 amide bonds. The molecule has 0 unspecified atom stereocenters. The number of amides is 2. The first-order valence-corrected chi connectivity index (χ1v) is 5.75. The van der Waals surface area contributed by atoms with Crippen LogP contribution in [-0.2, 0) is 0 Å². The number of rotatable bonds is 2. The molecule has 14 heavy (non-hydrogen) atoms. The summed E-state index contributed by atoms with van der Waals surface area (Å²) in [6.45, 7) is 7.93. The highest BCUT2D eigenvalue weighted by molar-refractivity contribution is 5.74. The predicted molar refractivity (Wildman–Crippen MR) is 60.4 cm³/mol. The average molecular weight is 200 g/mol. The van der Waals surface area contributed by atoms with Gasteiger partial charge in [-0.1, -0.05) is 26.7 Å². The molecule has 0 saturated heterocycles. The minimum atomic E-state index is -0.0168. The Morgan fingerprint density at radius 3 is 2.14 bits per heavy atom. The van der Waals surface area contributed by atoms with E-state index < -0.39 is 0 Å². The van der Waals surface area contributed by atoms with Gasteiger partial charge in [-0.05, 0) is 26.7 Å². The van der Waals surface area contributed by atoms with E-state index in [0.29, 0.717) is 6.04 Å². The van der Waals surface area contributed by atoms with Crippen LogP contribution in [0.25, 0.3) is 0 Å². The molecule has 1 fully saturated rings. The molecule has 0 bridgehead atoms. The maximum Gasteiger partial charge on any atom is 0.315 e. The second-order valence-electron chi connectivity index (χ2n) is 3.75. The third-order valence-electron chi connectivity index (χ3n) is 2.11. The summed E-state index contributed by atoms with van der Waals surface area (Å²) in [5.74, 6) is 0. The molecule has 0 aromatic carbocycles. The minimum absolute atomic E-state index is 0.0168. The van der Waals surface area contributed by atoms with Crippen molar-refractivity contribution in [3.63, 3.8) is 0 Å². The Kier molecular flexibility index (Phi) is 7.25. The molecular weight excluding hydrogens is 176 g/mol. The molecular formula is C11H24N2O. The van der Waals surface area contributed by atoms with E-state index in [4.69, 9.17) is 0 Å². The highest BCUT2D eigenvalue weighted by atomic mass is 16.2. The fourth-order valence-corrected chi connectivity index (χ4v) is 1.56. The van der Waals surface area contributed by atoms with Gasteiger partial charge in [0, 0.05) is 12.1 Å². The van der Waals surface area contributed by atoms with E-state index in [0.717, 1.165) is 12.8 Å². The molecule has 0 aliphatic heterocycles. The summed E-state index contributed by atoms with van der Waals surface area (Å²) in [7, 11) is 0. The predicted octanol–water partition coefficient (Wildman–Crippen LogP) is 2.66. The number of nitrogens with one attached hydrogen (secondary N) is 2. The van der Waals surface area contributed by atoms with Crippen LogP contribution in [0.2, 0.25) is 0 Å². The molecule has 0 spiro atoms. The first kappa shape index (κ1) is 13.3. The first-order chi connectivity index (χ1) is 6.68. The lowest BCUT2D eigenvalue weighted by molar-refractivity contribution is 0.235. The third-order valence-corrected chi connectivity index (χ3v) is 2.11. The van der Waals surface area contributed by atoms with Crippen LogP contribution in [0.3, 0.4) is 0 Å². The zero-order chi connectivity index (χ0) is 11.0. The molecule has 0 atom stereocenters. The van der Waals surface area contributed by atoms with E-state index in [9.17, 15) is 4.79 Å². The number of hydrogen-bond donors (Lipinski definition) is 2. The van der Waals surface area contributed by atoms with Gasteiger partial charge >= 0.3 is 6.03 Å². The smallest absolute Gasteiger partial charge is 0.315 e. The standard InChI is InChI=1S/C9H18N2O.C2H6/c1-7(2)10-9(12)11-8-5-3-4-6-8;1-2/h7-8H,3-6H2,1-2H3,(H2,10,11,12);1-2H3. The summed E-state index contributed by atoms with van der Waals surface area (Å²) in [5, 5.41) is 5.78. The third kappa shape index (κ3) is 5.84. The molecule has 0 aromatic heterocycles. The Bertz CT molecular complexity index is 151. The van der Waals surface area contributed by atoms with Crippen LogP contribution in [0, 0.1) is 0 Å². The zero-order valence-corrected chi connectivity index (χ0v) is 9.89. The fourth-order valence-electron chi connectivity index (χ4n) is 1.56. The van der Waals surface area contributed by atoms with Crippen LogP contribution in [0.4, 0.5) is 4.79 Å². The van der Waals surface area contributed by atoms with Crippen LogP contribution in [0.1, 0.15) is 53.4 Å². The van der Waals surface area contributed by atoms with Crippen molar-refractivity contribution in [2.24, 2.45) is 0 Å². The van der Waals surface area contributed by atoms with Crippen LogP contribution in [-0.4, -0.2) is 18.1 Å². The van der Waals surface area contributed by atoms with E-state index in [1.807, 2.05) is 27.7 Å². The Morgan fingerprint density at radius 1 is 1.21 bits per heavy atom. The molecule has 0 radical (unpaired) electrons. The van der Waals surface area contributed by atoms with Gasteiger partial charge in [0.25, 0.3) is 0 Å². The summed E-state index contributed by atoms with van der Waals surface area (Å²) >= 11 is 0. The molecule has 1 aliphatic carbocycles. The van der Waals surface area contributed by atoms with E-state index in [2.05, 4.69) is 10.6 Å². The van der Waals surface area contributed by atoms with Gasteiger partial charge in [-0.25, -0.2) is 4.79 Å². The molecule has 84 valence electrons. The maximum atomic E-state index is 11.2. The van der Waals surface area contributed by atoms with E-state index in [1.165, 1.54) is 12.8 Å². The zero-order valence-electron chi connectivity index (χ0n) is 9.89. The molecule has 3 nitrogen and oxygen atoms in total. The van der Waals surface area contributed by atoms with E-state index in [-0.39, 0.29) is 12.1 Å². The average Bonchev–Trinajstić information content (AvgIpc) is 2.59. The molecule has 3 heteroatoms. The van der Waals surface area contributed by atoms with Gasteiger partial charge in [0.15, 0.2) is 0 Å². The Labute approximate surface area is 87.6 Å². The Balaban J connectivity index is 0.000000791. The SMILES string of the molecule is CC.CC(C)NC(=O)NC1CCCC1. The van der Waals surface area contributed by atoms with Crippen LogP contribution in [0.5, 0.6) is 0 Å². The number of carbonyl (C=O) groups excluding carboxylic acids is 1. The van der Waals surface area contributed by atoms with Crippen LogP contribution in [0.15, 0.2) is 0 Å². The number of hydrogen-bond acceptors (Lipinski definition) is 1. The second-order valence-corrected chi connectivity index (χ2v) is 3.75. The summed E-state index contributed by atoms with van der Waals surface area (Å²) in [6, 6.07) is 0.632. The normalized spacial score (nSPS) is 16.1. The Morgan fingerprint density at radius 2 is 1.71 bits per heavy atom. The van der Waals surface area contributed by atoms with E-state index in [1.54, 1.807) is 0 Å². The van der Waals surface area contributed by atoms with Gasteiger partial charge in [-0.2, -0.15) is 0 Å². The minimum Gasteiger partial charge on any atom is -0.336 e. The van der Waals surface area contributed by atoms with Gasteiger partial charge in [-0.15, -0.1) is 0 Å². The van der Waals surface area contributed by atoms with E-state index >= 15 is 0 Å². The summed E-state index contributed by atoms with van der Waals surface area (Å²) < 4.78 is 0. The van der Waals surface area contributed by atoms with Crippen molar-refractivity contribution in [1.29, 1.82) is 0 Å². The van der Waals surface area contributed by atoms with Crippen molar-refractivity contribution in [2.45, 2.75) is 65.5 Å². The van der Waals surface area contributed by atoms with Crippen molar-refractivity contribution >= 4 is 6.03 Å². The molecule has 1 saturated carbocycles. The second kappa shape index (κ2) is 7.65. The van der Waals surface area contributed by atoms with Crippen molar-refractivity contribution in [3.05, 3.63) is 0 Å². The summed E-state index contributed by atoms with van der Waals surface area (Å²) in [5.41, 5.74) is 0. The highest BCUT2D eigenvalue weighted by Crippen LogP contribution is 2.17. The van der Waals surface area contributed by atoms with Crippen molar-refractivity contribution in [2.75, 3.05) is 0 Å². The van der Waals surface area contributed by atoms with Gasteiger partial charge in [-0.3, -0.25) is 0 Å². The number of carbonyl (C=O) groups is 1. The molecule has 0 heterocycles. The molecule has 1 rings (SSSR count). The summed E-state index contributed by atoms with van der Waals surface area (Å²) in [4.78, 5) is 11.2. The van der Waals surface area contributed by atoms with Crippen LogP contribution >= 0.6 is 0 Å². The fraction of sp³-hybridized carbons (Fsp3) is 0.909. The van der Waals surface area contributed by atoms with Crippen LogP contribution < -0.4 is 10.6 Å². The summed E-state index contributed by atoms with van der Waals surface area (Å²) in [6.07, 6.45) is 4.80. The lowest BCUT2D eigenvalue weighted by atomic mass is 10.2. The topological polar surface area (TPSA) is 41.1 Å². The van der Waals surface area contributed by atoms with Gasteiger partial charge in [0.2, 0.25) is 0 Å². The number of urea groups is 1. The monoisotopic (exact) mass is 200 g/mol. The van der Waals surface area contributed by atoms with Gasteiger partial charge in [0.05, 0.1) is 0 Å². The van der Waals surface area contributed by atoms with Crippen molar-refractivity contribution in [1.82, 2.24) is 10.6 Å². The lowest BCUT2D eigenvalue weighted by Gasteiger charge is -2.14. The first-order valence-electron chi connectivity index (χ1n) is 5.75. The highest BCUT2D eigenvalue weighted by Gasteiger charge is 2.16. The van der Waals surface area contributed by atoms with Crippen molar-refractivity contribution < 1.29 is 4.79 Å². The lowest BCUT2D eigenvalue weighted by Crippen LogP contribution is -2.43. The Hall–Kier alpha value is -0.730. The molecule has 1 aliphatic rings. The quantitative estimate of drug-likeness (QED) is 0.707. The molecule has 2 N–H and O–H groups in total. The van der Waals surface area contributed by atoms with Gasteiger partial charge < -0.3 is 10.6 Å². The van der Waals surface area contributed by atoms with Crippen molar-refractivity contribution in [3.8, 4) is 0 Å². The largest absolute Gasteiger partial charge is 0.336 e. The maximum absolute atomic E-state index is 11.2. The molecule has 0 aromatic rings. The van der Waals surface area contributed by atoms with Gasteiger partial charge in [0.1, 0.15) is 0 Å².